The molecule has 0 aliphatic rings. The van der Waals surface area contributed by atoms with Gasteiger partial charge in [-0.15, -0.1) is 11.6 Å². The number of rotatable bonds is 7. The zero-order valence-corrected chi connectivity index (χ0v) is 10.3. The molecule has 3 heteroatoms. The van der Waals surface area contributed by atoms with Crippen molar-refractivity contribution in [2.75, 3.05) is 12.5 Å². The Balaban J connectivity index is 2.42. The molecule has 88 valence electrons. The van der Waals surface area contributed by atoms with E-state index in [0.717, 1.165) is 24.2 Å². The second-order valence-corrected chi connectivity index (χ2v) is 3.92. The minimum absolute atomic E-state index is 0.161. The summed E-state index contributed by atoms with van der Waals surface area (Å²) in [6.07, 6.45) is 2.46. The highest BCUT2D eigenvalue weighted by Crippen LogP contribution is 2.13. The van der Waals surface area contributed by atoms with E-state index in [1.807, 2.05) is 31.2 Å². The smallest absolute Gasteiger partial charge is 0.162 e. The van der Waals surface area contributed by atoms with Gasteiger partial charge in [0.15, 0.2) is 5.78 Å². The molecule has 1 aromatic rings. The third-order valence-corrected chi connectivity index (χ3v) is 2.56. The highest BCUT2D eigenvalue weighted by molar-refractivity contribution is 6.17. The van der Waals surface area contributed by atoms with E-state index in [9.17, 15) is 4.79 Å². The van der Waals surface area contributed by atoms with Gasteiger partial charge in [-0.2, -0.15) is 0 Å². The van der Waals surface area contributed by atoms with Crippen molar-refractivity contribution in [3.8, 4) is 5.75 Å². The number of unbranched alkanes of at least 4 members (excludes halogenated alkanes) is 1. The minimum atomic E-state index is 0.161. The normalized spacial score (nSPS) is 10.1. The van der Waals surface area contributed by atoms with E-state index in [4.69, 9.17) is 16.3 Å². The molecular formula is C13H17ClO2. The summed E-state index contributed by atoms with van der Waals surface area (Å²) < 4.78 is 5.51. The van der Waals surface area contributed by atoms with Crippen molar-refractivity contribution in [1.29, 1.82) is 0 Å². The predicted octanol–water partition coefficient (Wildman–Crippen LogP) is 3.68. The van der Waals surface area contributed by atoms with E-state index in [1.165, 1.54) is 0 Å². The van der Waals surface area contributed by atoms with Gasteiger partial charge in [-0.1, -0.05) is 6.92 Å². The molecule has 0 amide bonds. The fourth-order valence-corrected chi connectivity index (χ4v) is 1.52. The number of halogens is 1. The van der Waals surface area contributed by atoms with Crippen LogP contribution in [0, 0.1) is 0 Å². The van der Waals surface area contributed by atoms with E-state index in [1.54, 1.807) is 0 Å². The number of ether oxygens (including phenoxy) is 1. The van der Waals surface area contributed by atoms with Crippen LogP contribution in [0.1, 0.15) is 36.5 Å². The summed E-state index contributed by atoms with van der Waals surface area (Å²) in [5, 5.41) is 0. The van der Waals surface area contributed by atoms with Crippen LogP contribution in [0.3, 0.4) is 0 Å². The average molecular weight is 241 g/mol. The Labute approximate surface area is 102 Å². The molecule has 0 atom stereocenters. The minimum Gasteiger partial charge on any atom is -0.494 e. The van der Waals surface area contributed by atoms with Gasteiger partial charge in [-0.3, -0.25) is 4.79 Å². The summed E-state index contributed by atoms with van der Waals surface area (Å²) >= 11 is 5.56. The largest absolute Gasteiger partial charge is 0.494 e. The van der Waals surface area contributed by atoms with Crippen LogP contribution in [-0.4, -0.2) is 18.3 Å². The van der Waals surface area contributed by atoms with E-state index in [2.05, 4.69) is 0 Å². The van der Waals surface area contributed by atoms with Crippen LogP contribution in [0.4, 0.5) is 0 Å². The van der Waals surface area contributed by atoms with Crippen molar-refractivity contribution >= 4 is 17.4 Å². The SMILES string of the molecule is CCC(=O)c1ccc(OCCCCCl)cc1. The summed E-state index contributed by atoms with van der Waals surface area (Å²) in [5.74, 6) is 1.64. The van der Waals surface area contributed by atoms with Gasteiger partial charge in [0, 0.05) is 17.9 Å². The molecule has 2 nitrogen and oxygen atoms in total. The van der Waals surface area contributed by atoms with Gasteiger partial charge in [0.2, 0.25) is 0 Å². The van der Waals surface area contributed by atoms with Crippen LogP contribution in [0.5, 0.6) is 5.75 Å². The summed E-state index contributed by atoms with van der Waals surface area (Å²) in [5.41, 5.74) is 0.746. The highest BCUT2D eigenvalue weighted by atomic mass is 35.5. The maximum absolute atomic E-state index is 11.4. The van der Waals surface area contributed by atoms with Crippen molar-refractivity contribution in [1.82, 2.24) is 0 Å². The van der Waals surface area contributed by atoms with Gasteiger partial charge < -0.3 is 4.74 Å². The van der Waals surface area contributed by atoms with Crippen LogP contribution < -0.4 is 4.74 Å². The molecule has 0 saturated heterocycles. The first-order chi connectivity index (χ1) is 7.77. The van der Waals surface area contributed by atoms with Crippen molar-refractivity contribution in [2.24, 2.45) is 0 Å². The number of benzene rings is 1. The lowest BCUT2D eigenvalue weighted by molar-refractivity contribution is 0.0988. The molecule has 0 N–H and O–H groups in total. The summed E-state index contributed by atoms with van der Waals surface area (Å²) in [6.45, 7) is 2.53. The van der Waals surface area contributed by atoms with Crippen molar-refractivity contribution in [3.05, 3.63) is 29.8 Å². The number of carbonyl (C=O) groups is 1. The summed E-state index contributed by atoms with van der Waals surface area (Å²) in [6, 6.07) is 7.29. The zero-order valence-electron chi connectivity index (χ0n) is 9.54. The van der Waals surface area contributed by atoms with Crippen LogP contribution in [0.15, 0.2) is 24.3 Å². The molecule has 1 aromatic carbocycles. The van der Waals surface area contributed by atoms with Crippen molar-refractivity contribution in [2.45, 2.75) is 26.2 Å². The van der Waals surface area contributed by atoms with Crippen LogP contribution >= 0.6 is 11.6 Å². The fraction of sp³-hybridized carbons (Fsp3) is 0.462. The lowest BCUT2D eigenvalue weighted by atomic mass is 10.1. The molecule has 0 bridgehead atoms. The Kier molecular flexibility index (Phi) is 5.94. The molecular weight excluding hydrogens is 224 g/mol. The van der Waals surface area contributed by atoms with E-state index < -0.39 is 0 Å². The van der Waals surface area contributed by atoms with E-state index >= 15 is 0 Å². The van der Waals surface area contributed by atoms with Gasteiger partial charge in [0.25, 0.3) is 0 Å². The number of hydrogen-bond donors (Lipinski definition) is 0. The summed E-state index contributed by atoms with van der Waals surface area (Å²) in [7, 11) is 0. The molecule has 0 spiro atoms. The topological polar surface area (TPSA) is 26.3 Å². The third kappa shape index (κ3) is 4.23. The maximum atomic E-state index is 11.4. The lowest BCUT2D eigenvalue weighted by Crippen LogP contribution is -1.99. The van der Waals surface area contributed by atoms with Gasteiger partial charge in [-0.05, 0) is 37.1 Å². The van der Waals surface area contributed by atoms with Gasteiger partial charge >= 0.3 is 0 Å². The van der Waals surface area contributed by atoms with Gasteiger partial charge in [0.05, 0.1) is 6.61 Å². The molecule has 0 saturated carbocycles. The molecule has 0 fully saturated rings. The number of carbonyl (C=O) groups excluding carboxylic acids is 1. The zero-order chi connectivity index (χ0) is 11.8. The third-order valence-electron chi connectivity index (χ3n) is 2.29. The first-order valence-corrected chi connectivity index (χ1v) is 6.13. The number of alkyl halides is 1. The number of ketones is 1. The Bertz CT molecular complexity index is 319. The highest BCUT2D eigenvalue weighted by Gasteiger charge is 2.02. The van der Waals surface area contributed by atoms with Crippen molar-refractivity contribution in [3.63, 3.8) is 0 Å². The van der Waals surface area contributed by atoms with Crippen LogP contribution in [-0.2, 0) is 0 Å². The van der Waals surface area contributed by atoms with Crippen LogP contribution in [0.25, 0.3) is 0 Å². The van der Waals surface area contributed by atoms with Crippen molar-refractivity contribution < 1.29 is 9.53 Å². The first kappa shape index (κ1) is 13.0. The Morgan fingerprint density at radius 2 is 1.94 bits per heavy atom. The standard InChI is InChI=1S/C13H17ClO2/c1-2-13(15)11-5-7-12(8-6-11)16-10-4-3-9-14/h5-8H,2-4,9-10H2,1H3. The molecule has 0 unspecified atom stereocenters. The molecule has 16 heavy (non-hydrogen) atoms. The van der Waals surface area contributed by atoms with Crippen LogP contribution in [0.2, 0.25) is 0 Å². The summed E-state index contributed by atoms with van der Waals surface area (Å²) in [4.78, 5) is 11.4. The molecule has 0 heterocycles. The Morgan fingerprint density at radius 3 is 2.50 bits per heavy atom. The number of hydrogen-bond acceptors (Lipinski definition) is 2. The first-order valence-electron chi connectivity index (χ1n) is 5.60. The Morgan fingerprint density at radius 1 is 1.25 bits per heavy atom. The second-order valence-electron chi connectivity index (χ2n) is 3.55. The Hall–Kier alpha value is -1.02. The number of Topliss-reactive ketones (excluding diaryl/α,β-unsaturated/α-hetero) is 1. The van der Waals surface area contributed by atoms with E-state index in [0.29, 0.717) is 18.9 Å². The van der Waals surface area contributed by atoms with Gasteiger partial charge in [0.1, 0.15) is 5.75 Å². The molecule has 0 aromatic heterocycles. The quantitative estimate of drug-likeness (QED) is 0.413. The van der Waals surface area contributed by atoms with Gasteiger partial charge in [-0.25, -0.2) is 0 Å². The monoisotopic (exact) mass is 240 g/mol. The van der Waals surface area contributed by atoms with E-state index in [-0.39, 0.29) is 5.78 Å². The molecule has 0 aliphatic carbocycles. The maximum Gasteiger partial charge on any atom is 0.162 e. The second kappa shape index (κ2) is 7.29. The molecule has 1 rings (SSSR count). The average Bonchev–Trinajstić information content (AvgIpc) is 2.34. The fourth-order valence-electron chi connectivity index (χ4n) is 1.33. The lowest BCUT2D eigenvalue weighted by Gasteiger charge is -2.05. The predicted molar refractivity (Wildman–Crippen MR) is 66.5 cm³/mol. The molecule has 0 radical (unpaired) electrons. The molecule has 0 aliphatic heterocycles.